The van der Waals surface area contributed by atoms with Crippen molar-refractivity contribution >= 4 is 17.9 Å². The fourth-order valence-corrected chi connectivity index (χ4v) is 2.53. The molecule has 1 fully saturated rings. The lowest BCUT2D eigenvalue weighted by Gasteiger charge is -2.35. The summed E-state index contributed by atoms with van der Waals surface area (Å²) >= 11 is 0. The average Bonchev–Trinajstić information content (AvgIpc) is 3.10. The van der Waals surface area contributed by atoms with Gasteiger partial charge in [0.25, 0.3) is 0 Å². The second-order valence-corrected chi connectivity index (χ2v) is 7.20. The highest BCUT2D eigenvalue weighted by molar-refractivity contribution is 5.83. The number of nitrogens with one attached hydrogen (secondary N) is 1. The third-order valence-electron chi connectivity index (χ3n) is 3.89. The van der Waals surface area contributed by atoms with Gasteiger partial charge in [0.1, 0.15) is 11.4 Å². The molecule has 0 atom stereocenters. The summed E-state index contributed by atoms with van der Waals surface area (Å²) in [4.78, 5) is 39.3. The molecule has 1 aliphatic heterocycles. The Balaban J connectivity index is 1.66. The van der Waals surface area contributed by atoms with Crippen LogP contribution in [0.25, 0.3) is 0 Å². The van der Waals surface area contributed by atoms with Crippen molar-refractivity contribution in [3.63, 3.8) is 0 Å². The lowest BCUT2D eigenvalue weighted by molar-refractivity contribution is -0.135. The summed E-state index contributed by atoms with van der Waals surface area (Å²) in [5, 5.41) is 2.71. The smallest absolute Gasteiger partial charge is 0.410 e. The number of furan rings is 1. The zero-order chi connectivity index (χ0) is 19.2. The number of nitrogens with zero attached hydrogens (tertiary/aromatic N) is 2. The van der Waals surface area contributed by atoms with Crippen LogP contribution in [0.5, 0.6) is 0 Å². The number of hydrogen-bond acceptors (Lipinski definition) is 5. The van der Waals surface area contributed by atoms with Crippen LogP contribution in [-0.4, -0.2) is 59.5 Å². The molecule has 2 heterocycles. The second kappa shape index (κ2) is 8.73. The quantitative estimate of drug-likeness (QED) is 0.858. The van der Waals surface area contributed by atoms with Gasteiger partial charge >= 0.3 is 6.09 Å². The third-order valence-corrected chi connectivity index (χ3v) is 3.89. The van der Waals surface area contributed by atoms with Gasteiger partial charge in [-0.1, -0.05) is 0 Å². The van der Waals surface area contributed by atoms with E-state index in [2.05, 4.69) is 5.32 Å². The molecule has 26 heavy (non-hydrogen) atoms. The zero-order valence-corrected chi connectivity index (χ0v) is 15.6. The van der Waals surface area contributed by atoms with Crippen molar-refractivity contribution in [1.29, 1.82) is 0 Å². The highest BCUT2D eigenvalue weighted by Gasteiger charge is 2.27. The minimum Gasteiger partial charge on any atom is -0.467 e. The topological polar surface area (TPSA) is 92.1 Å². The van der Waals surface area contributed by atoms with Crippen molar-refractivity contribution < 1.29 is 23.5 Å². The van der Waals surface area contributed by atoms with Gasteiger partial charge in [0.2, 0.25) is 11.8 Å². The van der Waals surface area contributed by atoms with E-state index in [9.17, 15) is 14.4 Å². The number of carbonyl (C=O) groups excluding carboxylic acids is 3. The van der Waals surface area contributed by atoms with Crippen LogP contribution in [0, 0.1) is 0 Å². The minimum atomic E-state index is -0.535. The Kier molecular flexibility index (Phi) is 6.65. The van der Waals surface area contributed by atoms with Gasteiger partial charge in [0, 0.05) is 39.0 Å². The van der Waals surface area contributed by atoms with E-state index in [1.54, 1.807) is 28.2 Å². The summed E-state index contributed by atoms with van der Waals surface area (Å²) in [5.74, 6) is 0.395. The van der Waals surface area contributed by atoms with Crippen molar-refractivity contribution in [3.8, 4) is 0 Å². The zero-order valence-electron chi connectivity index (χ0n) is 15.6. The van der Waals surface area contributed by atoms with E-state index in [0.717, 1.165) is 0 Å². The van der Waals surface area contributed by atoms with E-state index in [4.69, 9.17) is 9.15 Å². The van der Waals surface area contributed by atoms with Crippen molar-refractivity contribution in [3.05, 3.63) is 24.2 Å². The molecule has 3 amide bonds. The van der Waals surface area contributed by atoms with Gasteiger partial charge in [-0.2, -0.15) is 0 Å². The van der Waals surface area contributed by atoms with E-state index >= 15 is 0 Å². The number of ether oxygens (including phenoxy) is 1. The Labute approximate surface area is 153 Å². The number of hydrogen-bond donors (Lipinski definition) is 1. The molecule has 0 saturated carbocycles. The van der Waals surface area contributed by atoms with Gasteiger partial charge in [-0.3, -0.25) is 9.59 Å². The first-order valence-electron chi connectivity index (χ1n) is 8.79. The molecular weight excluding hydrogens is 338 g/mol. The Bertz CT molecular complexity index is 613. The molecule has 1 aliphatic rings. The normalized spacial score (nSPS) is 14.9. The molecule has 1 saturated heterocycles. The molecule has 0 spiro atoms. The molecule has 8 nitrogen and oxygen atoms in total. The van der Waals surface area contributed by atoms with Gasteiger partial charge in [0.05, 0.1) is 12.8 Å². The van der Waals surface area contributed by atoms with Crippen molar-refractivity contribution in [2.24, 2.45) is 0 Å². The fourth-order valence-electron chi connectivity index (χ4n) is 2.53. The molecule has 1 aromatic rings. The van der Waals surface area contributed by atoms with Crippen molar-refractivity contribution in [1.82, 2.24) is 15.1 Å². The van der Waals surface area contributed by atoms with E-state index in [0.29, 0.717) is 38.5 Å². The molecule has 1 aromatic heterocycles. The maximum absolute atomic E-state index is 12.2. The van der Waals surface area contributed by atoms with E-state index in [-0.39, 0.29) is 30.7 Å². The molecule has 0 unspecified atom stereocenters. The summed E-state index contributed by atoms with van der Waals surface area (Å²) in [6, 6.07) is 3.53. The highest BCUT2D eigenvalue weighted by Crippen LogP contribution is 2.12. The average molecular weight is 365 g/mol. The highest BCUT2D eigenvalue weighted by atomic mass is 16.6. The monoisotopic (exact) mass is 365 g/mol. The Hall–Kier alpha value is -2.51. The Morgan fingerprint density at radius 1 is 1.12 bits per heavy atom. The molecule has 8 heteroatoms. The predicted molar refractivity (Wildman–Crippen MR) is 94.2 cm³/mol. The molecule has 144 valence electrons. The van der Waals surface area contributed by atoms with Crippen LogP contribution in [0.3, 0.4) is 0 Å². The number of carbonyl (C=O) groups is 3. The second-order valence-electron chi connectivity index (χ2n) is 7.20. The molecule has 2 rings (SSSR count). The third kappa shape index (κ3) is 6.42. The molecule has 0 radical (unpaired) electrons. The molecule has 0 bridgehead atoms. The summed E-state index contributed by atoms with van der Waals surface area (Å²) in [6.45, 7) is 7.55. The summed E-state index contributed by atoms with van der Waals surface area (Å²) in [5.41, 5.74) is -0.535. The largest absolute Gasteiger partial charge is 0.467 e. The summed E-state index contributed by atoms with van der Waals surface area (Å²) in [7, 11) is 0. The van der Waals surface area contributed by atoms with Gasteiger partial charge in [-0.25, -0.2) is 4.79 Å². The van der Waals surface area contributed by atoms with Crippen LogP contribution in [-0.2, 0) is 20.9 Å². The fraction of sp³-hybridized carbons (Fsp3) is 0.611. The SMILES string of the molecule is CC(C)(C)OC(=O)N1CCN(C(=O)CCC(=O)NCc2ccco2)CC1. The van der Waals surface area contributed by atoms with Crippen LogP contribution < -0.4 is 5.32 Å². The van der Waals surface area contributed by atoms with E-state index < -0.39 is 5.60 Å². The van der Waals surface area contributed by atoms with Gasteiger partial charge in [0.15, 0.2) is 0 Å². The van der Waals surface area contributed by atoms with Crippen LogP contribution in [0.15, 0.2) is 22.8 Å². The predicted octanol–water partition coefficient (Wildman–Crippen LogP) is 1.76. The first kappa shape index (κ1) is 19.8. The molecule has 0 aromatic carbocycles. The van der Waals surface area contributed by atoms with Crippen molar-refractivity contribution in [2.45, 2.75) is 45.8 Å². The molecule has 1 N–H and O–H groups in total. The van der Waals surface area contributed by atoms with Crippen LogP contribution in [0.4, 0.5) is 4.79 Å². The number of amides is 3. The summed E-state index contributed by atoms with van der Waals surface area (Å²) in [6.07, 6.45) is 1.46. The molecule has 0 aliphatic carbocycles. The van der Waals surface area contributed by atoms with Gasteiger partial charge in [-0.15, -0.1) is 0 Å². The number of piperazine rings is 1. The minimum absolute atomic E-state index is 0.0815. The Morgan fingerprint density at radius 2 is 1.77 bits per heavy atom. The van der Waals surface area contributed by atoms with Crippen LogP contribution >= 0.6 is 0 Å². The Morgan fingerprint density at radius 3 is 2.35 bits per heavy atom. The van der Waals surface area contributed by atoms with Crippen molar-refractivity contribution in [2.75, 3.05) is 26.2 Å². The van der Waals surface area contributed by atoms with Gasteiger partial charge in [-0.05, 0) is 32.9 Å². The maximum atomic E-state index is 12.2. The first-order chi connectivity index (χ1) is 12.2. The maximum Gasteiger partial charge on any atom is 0.410 e. The lowest BCUT2D eigenvalue weighted by Crippen LogP contribution is -2.51. The van der Waals surface area contributed by atoms with Crippen LogP contribution in [0.2, 0.25) is 0 Å². The van der Waals surface area contributed by atoms with E-state index in [1.807, 2.05) is 20.8 Å². The molecular formula is C18H27N3O5. The standard InChI is InChI=1S/C18H27N3O5/c1-18(2,3)26-17(24)21-10-8-20(9-11-21)16(23)7-6-15(22)19-13-14-5-4-12-25-14/h4-5,12H,6-11,13H2,1-3H3,(H,19,22). The van der Waals surface area contributed by atoms with Gasteiger partial charge < -0.3 is 24.3 Å². The van der Waals surface area contributed by atoms with Crippen LogP contribution in [0.1, 0.15) is 39.4 Å². The number of rotatable bonds is 5. The summed E-state index contributed by atoms with van der Waals surface area (Å²) < 4.78 is 10.5. The lowest BCUT2D eigenvalue weighted by atomic mass is 10.2. The van der Waals surface area contributed by atoms with E-state index in [1.165, 1.54) is 0 Å². The first-order valence-corrected chi connectivity index (χ1v) is 8.79.